The molecule has 0 saturated heterocycles. The Morgan fingerprint density at radius 2 is 0.519 bits per heavy atom. The maximum Gasteiger partial charge on any atom is 0.306 e. The van der Waals surface area contributed by atoms with E-state index in [1.807, 2.05) is 0 Å². The van der Waals surface area contributed by atoms with Gasteiger partial charge in [-0.2, -0.15) is 0 Å². The van der Waals surface area contributed by atoms with E-state index in [2.05, 4.69) is 179 Å². The van der Waals surface area contributed by atoms with Gasteiger partial charge in [0, 0.05) is 19.3 Å². The van der Waals surface area contributed by atoms with Gasteiger partial charge in [0.05, 0.1) is 0 Å². The lowest BCUT2D eigenvalue weighted by molar-refractivity contribution is -0.167. The van der Waals surface area contributed by atoms with Gasteiger partial charge >= 0.3 is 17.9 Å². The number of allylic oxidation sites excluding steroid dienone is 26. The van der Waals surface area contributed by atoms with Gasteiger partial charge in [-0.25, -0.2) is 0 Å². The zero-order valence-corrected chi connectivity index (χ0v) is 49.4. The van der Waals surface area contributed by atoms with Gasteiger partial charge in [-0.3, -0.25) is 14.4 Å². The van der Waals surface area contributed by atoms with Crippen LogP contribution in [0.4, 0.5) is 0 Å². The highest BCUT2D eigenvalue weighted by Gasteiger charge is 2.19. The summed E-state index contributed by atoms with van der Waals surface area (Å²) < 4.78 is 16.8. The molecule has 0 aliphatic carbocycles. The smallest absolute Gasteiger partial charge is 0.306 e. The van der Waals surface area contributed by atoms with Crippen molar-refractivity contribution in [2.45, 2.75) is 258 Å². The largest absolute Gasteiger partial charge is 0.462 e. The molecule has 0 bridgehead atoms. The maximum atomic E-state index is 12.9. The zero-order chi connectivity index (χ0) is 55.7. The number of hydrogen-bond acceptors (Lipinski definition) is 6. The molecule has 1 atom stereocenters. The van der Waals surface area contributed by atoms with Crippen LogP contribution in [-0.4, -0.2) is 37.2 Å². The van der Waals surface area contributed by atoms with Crippen LogP contribution in [0.25, 0.3) is 0 Å². The van der Waals surface area contributed by atoms with Crippen molar-refractivity contribution >= 4 is 17.9 Å². The molecular weight excluding hydrogens is 949 g/mol. The van der Waals surface area contributed by atoms with Crippen LogP contribution in [0.5, 0.6) is 0 Å². The van der Waals surface area contributed by atoms with Crippen molar-refractivity contribution in [1.82, 2.24) is 0 Å². The van der Waals surface area contributed by atoms with Crippen molar-refractivity contribution in [1.29, 1.82) is 0 Å². The van der Waals surface area contributed by atoms with E-state index >= 15 is 0 Å². The fraction of sp³-hybridized carbons (Fsp3) is 0.592. The number of rotatable bonds is 54. The minimum absolute atomic E-state index is 0.110. The Morgan fingerprint density at radius 3 is 0.844 bits per heavy atom. The van der Waals surface area contributed by atoms with Crippen molar-refractivity contribution in [2.24, 2.45) is 0 Å². The van der Waals surface area contributed by atoms with Gasteiger partial charge in [-0.1, -0.05) is 269 Å². The SMILES string of the molecule is CC/C=C\C/C=C\C/C=C\C/C=C\C/C=C\C/C=C\C/C=C\C/C=C\C/C=C\CCCC(=O)OCC(COC(=O)CCCCCCCCCCCCCCC)OC(=O)CCCCCC/C=C\C/C=C\C/C=C\C/C=C\CC. The second kappa shape index (κ2) is 63.6. The molecule has 0 aliphatic rings. The molecule has 0 aromatic rings. The number of ether oxygens (including phenoxy) is 3. The average Bonchev–Trinajstić information content (AvgIpc) is 3.43. The van der Waals surface area contributed by atoms with Crippen LogP contribution < -0.4 is 0 Å². The highest BCUT2D eigenvalue weighted by Crippen LogP contribution is 2.14. The highest BCUT2D eigenvalue weighted by molar-refractivity contribution is 5.71. The van der Waals surface area contributed by atoms with E-state index in [0.29, 0.717) is 12.8 Å². The summed E-state index contributed by atoms with van der Waals surface area (Å²) in [4.78, 5) is 38.2. The number of carbonyl (C=O) groups excluding carboxylic acids is 3. The molecule has 0 aromatic carbocycles. The van der Waals surface area contributed by atoms with E-state index in [-0.39, 0.29) is 44.0 Å². The third-order valence-corrected chi connectivity index (χ3v) is 12.5. The van der Waals surface area contributed by atoms with E-state index in [4.69, 9.17) is 14.2 Å². The summed E-state index contributed by atoms with van der Waals surface area (Å²) in [7, 11) is 0. The molecule has 0 N–H and O–H groups in total. The fourth-order valence-electron chi connectivity index (χ4n) is 7.96. The molecule has 6 nitrogen and oxygen atoms in total. The molecule has 77 heavy (non-hydrogen) atoms. The highest BCUT2D eigenvalue weighted by atomic mass is 16.6. The van der Waals surface area contributed by atoms with Gasteiger partial charge < -0.3 is 14.2 Å². The summed E-state index contributed by atoms with van der Waals surface area (Å²) in [5.41, 5.74) is 0. The van der Waals surface area contributed by atoms with Crippen molar-refractivity contribution < 1.29 is 28.6 Å². The second-order valence-corrected chi connectivity index (χ2v) is 19.9. The molecule has 432 valence electrons. The molecule has 0 saturated carbocycles. The summed E-state index contributed by atoms with van der Waals surface area (Å²) in [6.07, 6.45) is 92.5. The van der Waals surface area contributed by atoms with Crippen LogP contribution in [0.1, 0.15) is 252 Å². The summed E-state index contributed by atoms with van der Waals surface area (Å²) in [6.45, 7) is 6.34. The van der Waals surface area contributed by atoms with Crippen molar-refractivity contribution in [3.63, 3.8) is 0 Å². The van der Waals surface area contributed by atoms with E-state index in [9.17, 15) is 14.4 Å². The van der Waals surface area contributed by atoms with E-state index in [1.54, 1.807) is 0 Å². The van der Waals surface area contributed by atoms with Gasteiger partial charge in [0.2, 0.25) is 0 Å². The Morgan fingerprint density at radius 1 is 0.273 bits per heavy atom. The van der Waals surface area contributed by atoms with Crippen molar-refractivity contribution in [3.8, 4) is 0 Å². The van der Waals surface area contributed by atoms with E-state index in [0.717, 1.165) is 141 Å². The molecule has 0 spiro atoms. The topological polar surface area (TPSA) is 78.9 Å². The summed E-state index contributed by atoms with van der Waals surface area (Å²) in [5, 5.41) is 0. The first kappa shape index (κ1) is 72.0. The lowest BCUT2D eigenvalue weighted by Gasteiger charge is -2.18. The predicted molar refractivity (Wildman–Crippen MR) is 334 cm³/mol. The van der Waals surface area contributed by atoms with Gasteiger partial charge in [0.15, 0.2) is 6.10 Å². The predicted octanol–water partition coefficient (Wildman–Crippen LogP) is 21.3. The quantitative estimate of drug-likeness (QED) is 0.0261. The van der Waals surface area contributed by atoms with Crippen LogP contribution in [0, 0.1) is 0 Å². The Bertz CT molecular complexity index is 1740. The summed E-state index contributed by atoms with van der Waals surface area (Å²) in [5.74, 6) is -1.00. The molecular formula is C71H112O6. The van der Waals surface area contributed by atoms with Crippen molar-refractivity contribution in [2.75, 3.05) is 13.2 Å². The van der Waals surface area contributed by atoms with Crippen LogP contribution in [0.3, 0.4) is 0 Å². The Kier molecular flexibility index (Phi) is 59.5. The molecule has 0 fully saturated rings. The van der Waals surface area contributed by atoms with Gasteiger partial charge in [0.1, 0.15) is 13.2 Å². The lowest BCUT2D eigenvalue weighted by atomic mass is 10.0. The van der Waals surface area contributed by atoms with Crippen molar-refractivity contribution in [3.05, 3.63) is 158 Å². The molecule has 0 heterocycles. The lowest BCUT2D eigenvalue weighted by Crippen LogP contribution is -2.30. The van der Waals surface area contributed by atoms with Crippen LogP contribution >= 0.6 is 0 Å². The third kappa shape index (κ3) is 61.8. The standard InChI is InChI=1S/C71H112O6/c1-4-7-10-13-16-19-22-25-27-29-30-31-32-33-34-35-36-37-38-39-40-42-43-46-49-52-55-58-61-64-70(73)76-67-68(66-75-69(72)63-60-57-54-51-48-45-24-21-18-15-12-9-6-3)77-71(74)65-62-59-56-53-50-47-44-41-28-26-23-20-17-14-11-8-5-2/h7-8,10-11,16-17,19-20,25-28,30-31,33-34,36-37,39-40,43-44,46-47,52,55,68H,4-6,9,12-15,18,21-24,29,32,35,38,41-42,45,48-51,53-54,56-67H2,1-3H3/b10-7-,11-8-,19-16-,20-17-,27-25-,28-26-,31-30-,34-33-,37-36-,40-39-,46-43-,47-44-,55-52-. The van der Waals surface area contributed by atoms with E-state index in [1.165, 1.54) is 64.2 Å². The van der Waals surface area contributed by atoms with Gasteiger partial charge in [-0.15, -0.1) is 0 Å². The normalized spacial score (nSPS) is 13.2. The Balaban J connectivity index is 4.48. The molecule has 0 rings (SSSR count). The number of unbranched alkanes of at least 4 members (excludes halogenated alkanes) is 17. The Labute approximate surface area is 473 Å². The maximum absolute atomic E-state index is 12.9. The molecule has 1 unspecified atom stereocenters. The second-order valence-electron chi connectivity index (χ2n) is 19.9. The minimum atomic E-state index is -0.821. The zero-order valence-electron chi connectivity index (χ0n) is 49.4. The molecule has 0 amide bonds. The molecule has 0 aliphatic heterocycles. The number of carbonyl (C=O) groups is 3. The first-order chi connectivity index (χ1) is 38.0. The average molecular weight is 1060 g/mol. The minimum Gasteiger partial charge on any atom is -0.462 e. The van der Waals surface area contributed by atoms with Gasteiger partial charge in [-0.05, 0) is 122 Å². The molecule has 6 heteroatoms. The number of hydrogen-bond donors (Lipinski definition) is 0. The first-order valence-corrected chi connectivity index (χ1v) is 31.0. The monoisotopic (exact) mass is 1060 g/mol. The number of esters is 3. The van der Waals surface area contributed by atoms with Crippen LogP contribution in [0.2, 0.25) is 0 Å². The summed E-state index contributed by atoms with van der Waals surface area (Å²) in [6, 6.07) is 0. The van der Waals surface area contributed by atoms with Crippen LogP contribution in [-0.2, 0) is 28.6 Å². The van der Waals surface area contributed by atoms with E-state index < -0.39 is 6.10 Å². The fourth-order valence-corrected chi connectivity index (χ4v) is 7.96. The summed E-state index contributed by atoms with van der Waals surface area (Å²) >= 11 is 0. The molecule has 0 aromatic heterocycles. The first-order valence-electron chi connectivity index (χ1n) is 31.0. The molecule has 0 radical (unpaired) electrons. The Hall–Kier alpha value is -4.97. The van der Waals surface area contributed by atoms with Gasteiger partial charge in [0.25, 0.3) is 0 Å². The third-order valence-electron chi connectivity index (χ3n) is 12.5. The van der Waals surface area contributed by atoms with Crippen LogP contribution in [0.15, 0.2) is 158 Å².